The molecule has 1 aromatic carbocycles. The molecule has 0 amide bonds. The van der Waals surface area contributed by atoms with E-state index in [0.717, 1.165) is 18.1 Å². The maximum absolute atomic E-state index is 9.72. The van der Waals surface area contributed by atoms with Crippen molar-refractivity contribution in [3.05, 3.63) is 35.9 Å². The molecule has 0 radical (unpaired) electrons. The predicted octanol–water partition coefficient (Wildman–Crippen LogP) is 2.03. The molecule has 0 aliphatic heterocycles. The molecule has 1 atom stereocenters. The molecular formula is C13H19NOS. The average molecular weight is 237 g/mol. The number of aliphatic hydroxyl groups is 1. The number of rotatable bonds is 7. The van der Waals surface area contributed by atoms with Crippen molar-refractivity contribution in [1.82, 2.24) is 5.32 Å². The first kappa shape index (κ1) is 12.0. The number of aliphatic hydroxyl groups excluding tert-OH is 1. The van der Waals surface area contributed by atoms with Gasteiger partial charge in [-0.25, -0.2) is 0 Å². The SMILES string of the molecule is OC(CNC1CC1)CSCc1ccccc1. The largest absolute Gasteiger partial charge is 0.391 e. The van der Waals surface area contributed by atoms with E-state index >= 15 is 0 Å². The van der Waals surface area contributed by atoms with E-state index in [1.807, 2.05) is 6.07 Å². The van der Waals surface area contributed by atoms with Gasteiger partial charge in [0.15, 0.2) is 0 Å². The van der Waals surface area contributed by atoms with Crippen LogP contribution in [0.1, 0.15) is 18.4 Å². The Morgan fingerprint density at radius 3 is 2.75 bits per heavy atom. The topological polar surface area (TPSA) is 32.3 Å². The van der Waals surface area contributed by atoms with E-state index in [-0.39, 0.29) is 6.10 Å². The summed E-state index contributed by atoms with van der Waals surface area (Å²) in [6.45, 7) is 0.743. The fourth-order valence-corrected chi connectivity index (χ4v) is 2.47. The summed E-state index contributed by atoms with van der Waals surface area (Å²) in [4.78, 5) is 0. The molecule has 3 heteroatoms. The molecule has 0 heterocycles. The van der Waals surface area contributed by atoms with Crippen molar-refractivity contribution in [2.24, 2.45) is 0 Å². The standard InChI is InChI=1S/C13H19NOS/c15-13(8-14-12-6-7-12)10-16-9-11-4-2-1-3-5-11/h1-5,12-15H,6-10H2. The van der Waals surface area contributed by atoms with Crippen molar-refractivity contribution < 1.29 is 5.11 Å². The quantitative estimate of drug-likeness (QED) is 0.761. The molecule has 1 fully saturated rings. The van der Waals surface area contributed by atoms with E-state index in [1.54, 1.807) is 11.8 Å². The van der Waals surface area contributed by atoms with Gasteiger partial charge in [0.1, 0.15) is 0 Å². The van der Waals surface area contributed by atoms with Gasteiger partial charge in [0.25, 0.3) is 0 Å². The van der Waals surface area contributed by atoms with Gasteiger partial charge < -0.3 is 10.4 Å². The van der Waals surface area contributed by atoms with Crippen LogP contribution in [0.4, 0.5) is 0 Å². The van der Waals surface area contributed by atoms with Crippen LogP contribution in [0.3, 0.4) is 0 Å². The van der Waals surface area contributed by atoms with Gasteiger partial charge in [0.2, 0.25) is 0 Å². The summed E-state index contributed by atoms with van der Waals surface area (Å²) in [6.07, 6.45) is 2.35. The molecule has 88 valence electrons. The van der Waals surface area contributed by atoms with Gasteiger partial charge in [0, 0.05) is 24.1 Å². The molecule has 1 saturated carbocycles. The zero-order valence-electron chi connectivity index (χ0n) is 9.43. The summed E-state index contributed by atoms with van der Waals surface area (Å²) in [5, 5.41) is 13.1. The van der Waals surface area contributed by atoms with E-state index < -0.39 is 0 Å². The van der Waals surface area contributed by atoms with E-state index in [2.05, 4.69) is 29.6 Å². The highest BCUT2D eigenvalue weighted by Gasteiger charge is 2.21. The lowest BCUT2D eigenvalue weighted by Crippen LogP contribution is -2.29. The zero-order chi connectivity index (χ0) is 11.2. The van der Waals surface area contributed by atoms with Crippen LogP contribution in [-0.2, 0) is 5.75 Å². The Morgan fingerprint density at radius 1 is 1.31 bits per heavy atom. The van der Waals surface area contributed by atoms with E-state index in [0.29, 0.717) is 6.04 Å². The van der Waals surface area contributed by atoms with Crippen LogP contribution in [-0.4, -0.2) is 29.5 Å². The molecule has 0 bridgehead atoms. The minimum Gasteiger partial charge on any atom is -0.391 e. The molecule has 0 saturated heterocycles. The van der Waals surface area contributed by atoms with Crippen molar-refractivity contribution in [1.29, 1.82) is 0 Å². The molecule has 0 spiro atoms. The fourth-order valence-electron chi connectivity index (χ4n) is 1.54. The second-order valence-electron chi connectivity index (χ2n) is 4.34. The van der Waals surface area contributed by atoms with Gasteiger partial charge in [0.05, 0.1) is 6.10 Å². The molecule has 2 nitrogen and oxygen atoms in total. The fraction of sp³-hybridized carbons (Fsp3) is 0.538. The maximum atomic E-state index is 9.72. The molecular weight excluding hydrogens is 218 g/mol. The molecule has 1 aromatic rings. The molecule has 1 aliphatic rings. The van der Waals surface area contributed by atoms with Crippen LogP contribution in [0.5, 0.6) is 0 Å². The number of hydrogen-bond donors (Lipinski definition) is 2. The third-order valence-electron chi connectivity index (χ3n) is 2.64. The van der Waals surface area contributed by atoms with Gasteiger partial charge >= 0.3 is 0 Å². The Kier molecular flexibility index (Phi) is 4.69. The van der Waals surface area contributed by atoms with Crippen LogP contribution in [0.2, 0.25) is 0 Å². The number of thioether (sulfide) groups is 1. The van der Waals surface area contributed by atoms with Gasteiger partial charge in [-0.1, -0.05) is 30.3 Å². The van der Waals surface area contributed by atoms with Crippen molar-refractivity contribution in [3.8, 4) is 0 Å². The van der Waals surface area contributed by atoms with Crippen molar-refractivity contribution in [3.63, 3.8) is 0 Å². The highest BCUT2D eigenvalue weighted by Crippen LogP contribution is 2.18. The third kappa shape index (κ3) is 4.56. The van der Waals surface area contributed by atoms with Crippen LogP contribution in [0.15, 0.2) is 30.3 Å². The summed E-state index contributed by atoms with van der Waals surface area (Å²) >= 11 is 1.80. The van der Waals surface area contributed by atoms with Crippen LogP contribution < -0.4 is 5.32 Å². The van der Waals surface area contributed by atoms with E-state index in [9.17, 15) is 5.11 Å². The summed E-state index contributed by atoms with van der Waals surface area (Å²) in [6, 6.07) is 11.1. The van der Waals surface area contributed by atoms with Crippen molar-refractivity contribution in [2.45, 2.75) is 30.7 Å². The number of benzene rings is 1. The molecule has 1 unspecified atom stereocenters. The maximum Gasteiger partial charge on any atom is 0.0755 e. The summed E-state index contributed by atoms with van der Waals surface area (Å²) in [5.41, 5.74) is 1.33. The molecule has 2 rings (SSSR count). The third-order valence-corrected chi connectivity index (χ3v) is 3.80. The Hall–Kier alpha value is -0.510. The van der Waals surface area contributed by atoms with Crippen LogP contribution >= 0.6 is 11.8 Å². The van der Waals surface area contributed by atoms with E-state index in [4.69, 9.17) is 0 Å². The lowest BCUT2D eigenvalue weighted by molar-refractivity contribution is 0.195. The van der Waals surface area contributed by atoms with Gasteiger partial charge in [-0.3, -0.25) is 0 Å². The monoisotopic (exact) mass is 237 g/mol. The first-order valence-corrected chi connectivity index (χ1v) is 7.03. The smallest absolute Gasteiger partial charge is 0.0755 e. The first-order chi connectivity index (χ1) is 7.84. The molecule has 2 N–H and O–H groups in total. The minimum atomic E-state index is -0.214. The zero-order valence-corrected chi connectivity index (χ0v) is 10.2. The highest BCUT2D eigenvalue weighted by molar-refractivity contribution is 7.98. The van der Waals surface area contributed by atoms with Gasteiger partial charge in [-0.2, -0.15) is 11.8 Å². The van der Waals surface area contributed by atoms with Gasteiger partial charge in [-0.05, 0) is 18.4 Å². The van der Waals surface area contributed by atoms with Crippen molar-refractivity contribution >= 4 is 11.8 Å². The molecule has 0 aromatic heterocycles. The summed E-state index contributed by atoms with van der Waals surface area (Å²) in [5.74, 6) is 1.80. The Balaban J connectivity index is 1.56. The lowest BCUT2D eigenvalue weighted by Gasteiger charge is -2.10. The summed E-state index contributed by atoms with van der Waals surface area (Å²) in [7, 11) is 0. The number of nitrogens with one attached hydrogen (secondary N) is 1. The number of hydrogen-bond acceptors (Lipinski definition) is 3. The minimum absolute atomic E-state index is 0.214. The van der Waals surface area contributed by atoms with Crippen LogP contribution in [0.25, 0.3) is 0 Å². The molecule has 1 aliphatic carbocycles. The Bertz CT molecular complexity index is 300. The highest BCUT2D eigenvalue weighted by atomic mass is 32.2. The average Bonchev–Trinajstić information content (AvgIpc) is 3.12. The first-order valence-electron chi connectivity index (χ1n) is 5.88. The normalized spacial score (nSPS) is 17.3. The second kappa shape index (κ2) is 6.28. The second-order valence-corrected chi connectivity index (χ2v) is 5.37. The Morgan fingerprint density at radius 2 is 2.06 bits per heavy atom. The predicted molar refractivity (Wildman–Crippen MR) is 69.6 cm³/mol. The molecule has 16 heavy (non-hydrogen) atoms. The van der Waals surface area contributed by atoms with Crippen LogP contribution in [0, 0.1) is 0 Å². The van der Waals surface area contributed by atoms with E-state index in [1.165, 1.54) is 18.4 Å². The summed E-state index contributed by atoms with van der Waals surface area (Å²) < 4.78 is 0. The van der Waals surface area contributed by atoms with Gasteiger partial charge in [-0.15, -0.1) is 0 Å². The lowest BCUT2D eigenvalue weighted by atomic mass is 10.2. The Labute approximate surface area is 101 Å². The van der Waals surface area contributed by atoms with Crippen molar-refractivity contribution in [2.75, 3.05) is 12.3 Å².